The van der Waals surface area contributed by atoms with Crippen LogP contribution in [0.3, 0.4) is 0 Å². The summed E-state index contributed by atoms with van der Waals surface area (Å²) in [5, 5.41) is 4.83. The fraction of sp³-hybridized carbons (Fsp3) is 0.143. The summed E-state index contributed by atoms with van der Waals surface area (Å²) < 4.78 is 30.6. The Balaban J connectivity index is 1.78. The first-order valence-electron chi connectivity index (χ1n) is 6.06. The van der Waals surface area contributed by atoms with E-state index in [9.17, 15) is 18.4 Å². The summed E-state index contributed by atoms with van der Waals surface area (Å²) in [5.41, 5.74) is 0.594. The van der Waals surface area contributed by atoms with E-state index in [-0.39, 0.29) is 13.1 Å². The van der Waals surface area contributed by atoms with Crippen LogP contribution in [0.1, 0.15) is 15.9 Å². The molecule has 0 spiro atoms. The van der Waals surface area contributed by atoms with Crippen LogP contribution in [0, 0.1) is 11.6 Å². The molecule has 1 heterocycles. The van der Waals surface area contributed by atoms with Crippen molar-refractivity contribution in [1.82, 2.24) is 10.6 Å². The number of furan rings is 1. The third-order valence-electron chi connectivity index (χ3n) is 2.60. The van der Waals surface area contributed by atoms with Gasteiger partial charge in [-0.15, -0.1) is 0 Å². The molecule has 2 aromatic rings. The molecular formula is C14H12F2N2O3. The monoisotopic (exact) mass is 294 g/mol. The number of hydrogen-bond acceptors (Lipinski definition) is 3. The molecule has 2 amide bonds. The Morgan fingerprint density at radius 1 is 1.10 bits per heavy atom. The predicted octanol–water partition coefficient (Wildman–Crippen LogP) is 1.60. The quantitative estimate of drug-likeness (QED) is 0.880. The highest BCUT2D eigenvalue weighted by Crippen LogP contribution is 2.07. The maximum atomic E-state index is 12.9. The van der Waals surface area contributed by atoms with Crippen LogP contribution in [-0.4, -0.2) is 18.4 Å². The Labute approximate surface area is 118 Å². The summed E-state index contributed by atoms with van der Waals surface area (Å²) in [7, 11) is 0. The second-order valence-electron chi connectivity index (χ2n) is 4.25. The molecule has 0 bridgehead atoms. The molecule has 0 aliphatic heterocycles. The van der Waals surface area contributed by atoms with Gasteiger partial charge in [0.15, 0.2) is 0 Å². The maximum Gasteiger partial charge on any atom is 0.254 e. The van der Waals surface area contributed by atoms with Gasteiger partial charge in [-0.05, 0) is 23.8 Å². The smallest absolute Gasteiger partial charge is 0.254 e. The largest absolute Gasteiger partial charge is 0.472 e. The molecule has 5 nitrogen and oxygen atoms in total. The Morgan fingerprint density at radius 3 is 2.43 bits per heavy atom. The average molecular weight is 294 g/mol. The van der Waals surface area contributed by atoms with E-state index in [0.717, 1.165) is 18.2 Å². The predicted molar refractivity (Wildman–Crippen MR) is 69.2 cm³/mol. The topological polar surface area (TPSA) is 71.3 Å². The minimum absolute atomic E-state index is 0.0326. The lowest BCUT2D eigenvalue weighted by atomic mass is 10.2. The molecule has 110 valence electrons. The molecule has 1 aromatic heterocycles. The van der Waals surface area contributed by atoms with E-state index in [1.165, 1.54) is 18.6 Å². The third kappa shape index (κ3) is 4.41. The number of amides is 2. The molecule has 0 unspecified atom stereocenters. The number of benzene rings is 1. The van der Waals surface area contributed by atoms with Crippen molar-refractivity contribution < 1.29 is 22.8 Å². The third-order valence-corrected chi connectivity index (χ3v) is 2.60. The van der Waals surface area contributed by atoms with Crippen molar-refractivity contribution >= 4 is 11.8 Å². The number of carbonyl (C=O) groups is 2. The van der Waals surface area contributed by atoms with Crippen molar-refractivity contribution in [3.63, 3.8) is 0 Å². The number of hydrogen-bond donors (Lipinski definition) is 2. The minimum atomic E-state index is -0.715. The van der Waals surface area contributed by atoms with Gasteiger partial charge in [0, 0.05) is 12.6 Å². The van der Waals surface area contributed by atoms with Crippen LogP contribution < -0.4 is 10.6 Å². The van der Waals surface area contributed by atoms with E-state index in [2.05, 4.69) is 10.6 Å². The van der Waals surface area contributed by atoms with Gasteiger partial charge in [-0.25, -0.2) is 8.78 Å². The highest BCUT2D eigenvalue weighted by molar-refractivity contribution is 5.96. The zero-order chi connectivity index (χ0) is 15.2. The summed E-state index contributed by atoms with van der Waals surface area (Å²) in [6.45, 7) is -0.281. The van der Waals surface area contributed by atoms with Gasteiger partial charge in [0.2, 0.25) is 5.91 Å². The standard InChI is InChI=1S/C14H12F2N2O3/c15-11-3-9(4-12(16)5-11)6-17-13(19)7-18-14(20)10-1-2-21-8-10/h1-5,8H,6-7H2,(H,17,19)(H,18,20). The summed E-state index contributed by atoms with van der Waals surface area (Å²) >= 11 is 0. The summed E-state index contributed by atoms with van der Waals surface area (Å²) in [5.74, 6) is -2.35. The van der Waals surface area contributed by atoms with Crippen LogP contribution in [0.15, 0.2) is 41.2 Å². The molecule has 2 rings (SSSR count). The van der Waals surface area contributed by atoms with Gasteiger partial charge >= 0.3 is 0 Å². The number of carbonyl (C=O) groups excluding carboxylic acids is 2. The van der Waals surface area contributed by atoms with Crippen LogP contribution in [0.25, 0.3) is 0 Å². The van der Waals surface area contributed by atoms with Crippen LogP contribution in [-0.2, 0) is 11.3 Å². The van der Waals surface area contributed by atoms with Crippen molar-refractivity contribution in [3.05, 3.63) is 59.6 Å². The summed E-state index contributed by atoms with van der Waals surface area (Å²) in [6.07, 6.45) is 2.59. The maximum absolute atomic E-state index is 12.9. The molecule has 7 heteroatoms. The molecule has 0 saturated heterocycles. The average Bonchev–Trinajstić information content (AvgIpc) is 2.95. The van der Waals surface area contributed by atoms with Crippen molar-refractivity contribution in [3.8, 4) is 0 Å². The van der Waals surface area contributed by atoms with E-state index < -0.39 is 23.4 Å². The van der Waals surface area contributed by atoms with E-state index in [1.54, 1.807) is 0 Å². The summed E-state index contributed by atoms with van der Waals surface area (Å²) in [6, 6.07) is 4.44. The summed E-state index contributed by atoms with van der Waals surface area (Å²) in [4.78, 5) is 23.0. The Hall–Kier alpha value is -2.70. The van der Waals surface area contributed by atoms with Crippen LogP contribution in [0.4, 0.5) is 8.78 Å². The van der Waals surface area contributed by atoms with Gasteiger partial charge in [-0.2, -0.15) is 0 Å². The molecule has 0 saturated carbocycles. The lowest BCUT2D eigenvalue weighted by Gasteiger charge is -2.06. The molecular weight excluding hydrogens is 282 g/mol. The highest BCUT2D eigenvalue weighted by atomic mass is 19.1. The highest BCUT2D eigenvalue weighted by Gasteiger charge is 2.09. The first-order chi connectivity index (χ1) is 10.0. The fourth-order valence-corrected chi connectivity index (χ4v) is 1.63. The van der Waals surface area contributed by atoms with E-state index in [0.29, 0.717) is 11.1 Å². The number of nitrogens with one attached hydrogen (secondary N) is 2. The van der Waals surface area contributed by atoms with E-state index in [4.69, 9.17) is 4.42 Å². The molecule has 0 atom stereocenters. The van der Waals surface area contributed by atoms with Gasteiger partial charge in [0.25, 0.3) is 5.91 Å². The van der Waals surface area contributed by atoms with Gasteiger partial charge in [-0.3, -0.25) is 9.59 Å². The van der Waals surface area contributed by atoms with Crippen LogP contribution in [0.2, 0.25) is 0 Å². The Kier molecular flexibility index (Phi) is 4.65. The van der Waals surface area contributed by atoms with Gasteiger partial charge in [-0.1, -0.05) is 0 Å². The number of halogens is 2. The molecule has 0 fully saturated rings. The molecule has 0 aliphatic carbocycles. The first-order valence-corrected chi connectivity index (χ1v) is 6.06. The zero-order valence-corrected chi connectivity index (χ0v) is 10.9. The van der Waals surface area contributed by atoms with Crippen molar-refractivity contribution in [2.45, 2.75) is 6.54 Å². The van der Waals surface area contributed by atoms with E-state index in [1.807, 2.05) is 0 Å². The second-order valence-corrected chi connectivity index (χ2v) is 4.25. The molecule has 0 radical (unpaired) electrons. The lowest BCUT2D eigenvalue weighted by Crippen LogP contribution is -2.36. The Bertz CT molecular complexity index is 621. The first kappa shape index (κ1) is 14.7. The van der Waals surface area contributed by atoms with Gasteiger partial charge in [0.05, 0.1) is 18.4 Å². The lowest BCUT2D eigenvalue weighted by molar-refractivity contribution is -0.120. The van der Waals surface area contributed by atoms with Crippen LogP contribution >= 0.6 is 0 Å². The van der Waals surface area contributed by atoms with Gasteiger partial charge < -0.3 is 15.1 Å². The SMILES string of the molecule is O=C(CNC(=O)c1ccoc1)NCc1cc(F)cc(F)c1. The van der Waals surface area contributed by atoms with Crippen molar-refractivity contribution in [1.29, 1.82) is 0 Å². The molecule has 21 heavy (non-hydrogen) atoms. The van der Waals surface area contributed by atoms with Crippen LogP contribution in [0.5, 0.6) is 0 Å². The van der Waals surface area contributed by atoms with E-state index >= 15 is 0 Å². The van der Waals surface area contributed by atoms with Crippen molar-refractivity contribution in [2.75, 3.05) is 6.54 Å². The molecule has 1 aromatic carbocycles. The Morgan fingerprint density at radius 2 is 1.81 bits per heavy atom. The normalized spacial score (nSPS) is 10.2. The van der Waals surface area contributed by atoms with Gasteiger partial charge in [0.1, 0.15) is 17.9 Å². The minimum Gasteiger partial charge on any atom is -0.472 e. The second kappa shape index (κ2) is 6.65. The molecule has 2 N–H and O–H groups in total. The molecule has 0 aliphatic rings. The number of rotatable bonds is 5. The van der Waals surface area contributed by atoms with Crippen molar-refractivity contribution in [2.24, 2.45) is 0 Å². The fourth-order valence-electron chi connectivity index (χ4n) is 1.63. The zero-order valence-electron chi connectivity index (χ0n) is 10.9.